The summed E-state index contributed by atoms with van der Waals surface area (Å²) in [6.07, 6.45) is 2.17. The average Bonchev–Trinajstić information content (AvgIpc) is 3.53. The van der Waals surface area contributed by atoms with Crippen molar-refractivity contribution in [2.45, 2.75) is 44.1 Å². The molecular formula is C21H17ClF3N5. The van der Waals surface area contributed by atoms with E-state index in [-0.39, 0.29) is 17.3 Å². The number of aromatic nitrogens is 3. The van der Waals surface area contributed by atoms with Crippen LogP contribution in [0.5, 0.6) is 0 Å². The fraction of sp³-hybridized carbons (Fsp3) is 0.333. The zero-order chi connectivity index (χ0) is 21.5. The first kappa shape index (κ1) is 20.4. The van der Waals surface area contributed by atoms with Gasteiger partial charge in [0.15, 0.2) is 5.65 Å². The normalized spacial score (nSPS) is 15.1. The number of rotatable bonds is 6. The van der Waals surface area contributed by atoms with E-state index in [0.29, 0.717) is 35.3 Å². The largest absolute Gasteiger partial charge is 0.365 e. The summed E-state index contributed by atoms with van der Waals surface area (Å²) in [5.74, 6) is -3.84. The number of alkyl halides is 2. The van der Waals surface area contributed by atoms with Crippen LogP contribution >= 0.6 is 11.6 Å². The fourth-order valence-corrected chi connectivity index (χ4v) is 3.69. The lowest BCUT2D eigenvalue weighted by molar-refractivity contribution is -0.0118. The smallest absolute Gasteiger partial charge is 0.275 e. The average molecular weight is 432 g/mol. The van der Waals surface area contributed by atoms with E-state index in [1.54, 1.807) is 6.07 Å². The lowest BCUT2D eigenvalue weighted by Crippen LogP contribution is -2.16. The molecule has 30 heavy (non-hydrogen) atoms. The van der Waals surface area contributed by atoms with Crippen LogP contribution in [0.1, 0.15) is 42.9 Å². The standard InChI is InChI=1S/C21H17ClF3N5/c1-2-21(24,25)14-5-3-4-12(16(14)23)9-27-18-13-8-15(20(10-26)6-7-20)17(22)30-19(13)29-11-28-18/h3-5,8,11H,2,6-7,9H2,1H3,(H,27,28,29,30). The van der Waals surface area contributed by atoms with Crippen LogP contribution in [0.2, 0.25) is 5.15 Å². The van der Waals surface area contributed by atoms with Gasteiger partial charge in [-0.2, -0.15) is 5.26 Å². The third-order valence-corrected chi connectivity index (χ3v) is 5.71. The molecule has 2 aromatic heterocycles. The van der Waals surface area contributed by atoms with Crippen molar-refractivity contribution in [1.82, 2.24) is 15.0 Å². The van der Waals surface area contributed by atoms with Crippen molar-refractivity contribution >= 4 is 28.5 Å². The molecule has 0 bridgehead atoms. The second kappa shape index (κ2) is 7.40. The highest BCUT2D eigenvalue weighted by atomic mass is 35.5. The molecule has 1 N–H and O–H groups in total. The number of nitrogens with zero attached hydrogens (tertiary/aromatic N) is 4. The lowest BCUT2D eigenvalue weighted by atomic mass is 9.98. The van der Waals surface area contributed by atoms with Crippen molar-refractivity contribution < 1.29 is 13.2 Å². The van der Waals surface area contributed by atoms with E-state index < -0.39 is 29.1 Å². The molecule has 1 aromatic carbocycles. The van der Waals surface area contributed by atoms with Gasteiger partial charge in [0.05, 0.1) is 22.4 Å². The van der Waals surface area contributed by atoms with Crippen LogP contribution in [0.4, 0.5) is 19.0 Å². The van der Waals surface area contributed by atoms with Gasteiger partial charge >= 0.3 is 0 Å². The number of benzene rings is 1. The van der Waals surface area contributed by atoms with Crippen molar-refractivity contribution in [2.24, 2.45) is 0 Å². The Morgan fingerprint density at radius 1 is 1.30 bits per heavy atom. The second-order valence-electron chi connectivity index (χ2n) is 7.30. The van der Waals surface area contributed by atoms with Crippen molar-refractivity contribution in [2.75, 3.05) is 5.32 Å². The maximum atomic E-state index is 14.7. The van der Waals surface area contributed by atoms with Gasteiger partial charge in [0.25, 0.3) is 5.92 Å². The predicted octanol–water partition coefficient (Wildman–Crippen LogP) is 5.49. The molecule has 0 radical (unpaired) electrons. The van der Waals surface area contributed by atoms with E-state index in [0.717, 1.165) is 6.07 Å². The van der Waals surface area contributed by atoms with Gasteiger partial charge in [-0.3, -0.25) is 0 Å². The first-order valence-electron chi connectivity index (χ1n) is 9.44. The second-order valence-corrected chi connectivity index (χ2v) is 7.66. The maximum absolute atomic E-state index is 14.7. The van der Waals surface area contributed by atoms with Gasteiger partial charge in [-0.05, 0) is 18.9 Å². The summed E-state index contributed by atoms with van der Waals surface area (Å²) in [6.45, 7) is 1.24. The first-order chi connectivity index (χ1) is 14.3. The van der Waals surface area contributed by atoms with Crippen LogP contribution in [0, 0.1) is 17.1 Å². The quantitative estimate of drug-likeness (QED) is 0.522. The molecule has 3 aromatic rings. The number of halogens is 4. The van der Waals surface area contributed by atoms with E-state index in [4.69, 9.17) is 11.6 Å². The summed E-state index contributed by atoms with van der Waals surface area (Å²) in [7, 11) is 0. The van der Waals surface area contributed by atoms with Crippen LogP contribution in [0.3, 0.4) is 0 Å². The Bertz CT molecular complexity index is 1170. The Labute approximate surface area is 175 Å². The van der Waals surface area contributed by atoms with Crippen molar-refractivity contribution in [3.63, 3.8) is 0 Å². The Morgan fingerprint density at radius 3 is 2.73 bits per heavy atom. The summed E-state index contributed by atoms with van der Waals surface area (Å²) >= 11 is 6.26. The number of nitriles is 1. The van der Waals surface area contributed by atoms with Crippen LogP contribution in [-0.4, -0.2) is 15.0 Å². The molecule has 1 aliphatic carbocycles. The summed E-state index contributed by atoms with van der Waals surface area (Å²) in [6, 6.07) is 7.94. The molecule has 0 spiro atoms. The molecule has 2 heterocycles. The number of hydrogen-bond donors (Lipinski definition) is 1. The van der Waals surface area contributed by atoms with Crippen LogP contribution in [0.15, 0.2) is 30.6 Å². The Balaban J connectivity index is 1.68. The van der Waals surface area contributed by atoms with Crippen molar-refractivity contribution in [1.29, 1.82) is 5.26 Å². The van der Waals surface area contributed by atoms with Crippen LogP contribution < -0.4 is 5.32 Å². The highest BCUT2D eigenvalue weighted by Gasteiger charge is 2.47. The fourth-order valence-electron chi connectivity index (χ4n) is 3.38. The molecule has 0 saturated heterocycles. The molecule has 1 fully saturated rings. The highest BCUT2D eigenvalue weighted by molar-refractivity contribution is 6.30. The van der Waals surface area contributed by atoms with Gasteiger partial charge in [-0.15, -0.1) is 0 Å². The molecule has 0 aliphatic heterocycles. The minimum atomic E-state index is -3.24. The Hall–Kier alpha value is -2.92. The van der Waals surface area contributed by atoms with E-state index in [1.807, 2.05) is 0 Å². The first-order valence-corrected chi connectivity index (χ1v) is 9.81. The number of nitrogens with one attached hydrogen (secondary N) is 1. The molecule has 0 unspecified atom stereocenters. The van der Waals surface area contributed by atoms with Gasteiger partial charge in [0.1, 0.15) is 23.1 Å². The van der Waals surface area contributed by atoms with Gasteiger partial charge in [-0.25, -0.2) is 28.1 Å². The highest BCUT2D eigenvalue weighted by Crippen LogP contribution is 2.50. The summed E-state index contributed by atoms with van der Waals surface area (Å²) in [5, 5.41) is 13.2. The van der Waals surface area contributed by atoms with Crippen molar-refractivity contribution in [3.05, 3.63) is 58.3 Å². The van der Waals surface area contributed by atoms with E-state index in [9.17, 15) is 18.4 Å². The number of pyridine rings is 1. The Morgan fingerprint density at radius 2 is 2.07 bits per heavy atom. The molecular weight excluding hydrogens is 415 g/mol. The monoisotopic (exact) mass is 431 g/mol. The maximum Gasteiger partial charge on any atom is 0.275 e. The minimum absolute atomic E-state index is 0.0626. The lowest BCUT2D eigenvalue weighted by Gasteiger charge is -2.17. The van der Waals surface area contributed by atoms with E-state index in [1.165, 1.54) is 25.4 Å². The Kier molecular flexibility index (Phi) is 5.02. The molecule has 154 valence electrons. The van der Waals surface area contributed by atoms with E-state index in [2.05, 4.69) is 26.3 Å². The zero-order valence-electron chi connectivity index (χ0n) is 16.0. The molecule has 0 amide bonds. The van der Waals surface area contributed by atoms with Gasteiger partial charge in [0, 0.05) is 24.1 Å². The molecule has 9 heteroatoms. The topological polar surface area (TPSA) is 74.5 Å². The van der Waals surface area contributed by atoms with Gasteiger partial charge in [-0.1, -0.05) is 36.7 Å². The molecule has 0 atom stereocenters. The van der Waals surface area contributed by atoms with Gasteiger partial charge < -0.3 is 5.32 Å². The zero-order valence-corrected chi connectivity index (χ0v) is 16.8. The third kappa shape index (κ3) is 3.43. The van der Waals surface area contributed by atoms with E-state index >= 15 is 0 Å². The minimum Gasteiger partial charge on any atom is -0.365 e. The summed E-state index contributed by atoms with van der Waals surface area (Å²) < 4.78 is 42.7. The summed E-state index contributed by atoms with van der Waals surface area (Å²) in [5.41, 5.74) is -0.269. The van der Waals surface area contributed by atoms with Crippen molar-refractivity contribution in [3.8, 4) is 6.07 Å². The third-order valence-electron chi connectivity index (χ3n) is 5.42. The number of hydrogen-bond acceptors (Lipinski definition) is 5. The predicted molar refractivity (Wildman–Crippen MR) is 107 cm³/mol. The molecule has 5 nitrogen and oxygen atoms in total. The van der Waals surface area contributed by atoms with Crippen LogP contribution in [0.25, 0.3) is 11.0 Å². The molecule has 1 aliphatic rings. The summed E-state index contributed by atoms with van der Waals surface area (Å²) in [4.78, 5) is 12.5. The van der Waals surface area contributed by atoms with Gasteiger partial charge in [0.2, 0.25) is 0 Å². The number of fused-ring (bicyclic) bond motifs is 1. The molecule has 4 rings (SSSR count). The van der Waals surface area contributed by atoms with Crippen LogP contribution in [-0.2, 0) is 17.9 Å². The SMILES string of the molecule is CCC(F)(F)c1cccc(CNc2ncnc3nc(Cl)c(C4(C#N)CC4)cc23)c1F. The number of anilines is 1. The molecule has 1 saturated carbocycles.